The second-order valence-electron chi connectivity index (χ2n) is 5.93. The number of halogens is 1. The molecule has 22 heavy (non-hydrogen) atoms. The number of nitrogens with zero attached hydrogens (tertiary/aromatic N) is 3. The molecule has 1 aromatic rings. The molecular formula is C16H25FN4O. The number of carbonyl (C=O) groups is 1. The van der Waals surface area contributed by atoms with Crippen molar-refractivity contribution in [1.82, 2.24) is 14.7 Å². The van der Waals surface area contributed by atoms with E-state index < -0.39 is 0 Å². The lowest BCUT2D eigenvalue weighted by atomic mass is 10.3. The minimum absolute atomic E-state index is 0.154. The van der Waals surface area contributed by atoms with Crippen molar-refractivity contribution in [1.29, 1.82) is 0 Å². The van der Waals surface area contributed by atoms with E-state index in [0.29, 0.717) is 18.8 Å². The van der Waals surface area contributed by atoms with Crippen molar-refractivity contribution < 1.29 is 9.18 Å². The zero-order valence-electron chi connectivity index (χ0n) is 13.4. The molecule has 0 unspecified atom stereocenters. The fourth-order valence-corrected chi connectivity index (χ4v) is 2.55. The van der Waals surface area contributed by atoms with Crippen molar-refractivity contribution >= 4 is 11.7 Å². The van der Waals surface area contributed by atoms with Crippen LogP contribution in [0.5, 0.6) is 0 Å². The van der Waals surface area contributed by atoms with Gasteiger partial charge in [0.1, 0.15) is 5.82 Å². The van der Waals surface area contributed by atoms with Crippen LogP contribution in [0, 0.1) is 5.82 Å². The van der Waals surface area contributed by atoms with Crippen LogP contribution < -0.4 is 5.32 Å². The molecular weight excluding hydrogens is 283 g/mol. The monoisotopic (exact) mass is 308 g/mol. The highest BCUT2D eigenvalue weighted by molar-refractivity contribution is 5.89. The van der Waals surface area contributed by atoms with Gasteiger partial charge in [-0.2, -0.15) is 0 Å². The predicted molar refractivity (Wildman–Crippen MR) is 86.6 cm³/mol. The number of amides is 2. The second-order valence-corrected chi connectivity index (χ2v) is 5.93. The smallest absolute Gasteiger partial charge is 0.321 e. The molecule has 0 spiro atoms. The largest absolute Gasteiger partial charge is 0.322 e. The Bertz CT molecular complexity index is 487. The van der Waals surface area contributed by atoms with E-state index in [4.69, 9.17) is 0 Å². The van der Waals surface area contributed by atoms with Gasteiger partial charge in [0.25, 0.3) is 0 Å². The average Bonchev–Trinajstić information content (AvgIpc) is 2.47. The standard InChI is InChI=1S/C16H25FN4O/c1-19(2)7-4-8-20-9-11-21(12-10-20)16(22)18-15-6-3-5-14(17)13-15/h3,5-6,13H,4,7-12H2,1-2H3,(H,18,22). The predicted octanol–water partition coefficient (Wildman–Crippen LogP) is 1.93. The summed E-state index contributed by atoms with van der Waals surface area (Å²) < 4.78 is 13.1. The van der Waals surface area contributed by atoms with Crippen LogP contribution in [0.2, 0.25) is 0 Å². The minimum Gasteiger partial charge on any atom is -0.322 e. The molecule has 1 aliphatic heterocycles. The van der Waals surface area contributed by atoms with Crippen molar-refractivity contribution in [3.63, 3.8) is 0 Å². The van der Waals surface area contributed by atoms with E-state index in [2.05, 4.69) is 29.2 Å². The lowest BCUT2D eigenvalue weighted by molar-refractivity contribution is 0.144. The van der Waals surface area contributed by atoms with Crippen LogP contribution >= 0.6 is 0 Å². The Morgan fingerprint density at radius 3 is 2.64 bits per heavy atom. The maximum Gasteiger partial charge on any atom is 0.321 e. The second kappa shape index (κ2) is 8.10. The van der Waals surface area contributed by atoms with Gasteiger partial charge >= 0.3 is 6.03 Å². The SMILES string of the molecule is CN(C)CCCN1CCN(C(=O)Nc2cccc(F)c2)CC1. The van der Waals surface area contributed by atoms with Crippen LogP contribution in [-0.2, 0) is 0 Å². The Labute approximate surface area is 131 Å². The van der Waals surface area contributed by atoms with Crippen molar-refractivity contribution in [2.45, 2.75) is 6.42 Å². The summed E-state index contributed by atoms with van der Waals surface area (Å²) in [6.07, 6.45) is 1.14. The summed E-state index contributed by atoms with van der Waals surface area (Å²) in [7, 11) is 4.16. The summed E-state index contributed by atoms with van der Waals surface area (Å²) in [5.41, 5.74) is 0.499. The van der Waals surface area contributed by atoms with Crippen molar-refractivity contribution in [3.8, 4) is 0 Å². The Morgan fingerprint density at radius 1 is 1.27 bits per heavy atom. The third-order valence-corrected chi connectivity index (χ3v) is 3.82. The maximum atomic E-state index is 13.1. The summed E-state index contributed by atoms with van der Waals surface area (Å²) in [5.74, 6) is -0.344. The number of piperazine rings is 1. The molecule has 0 aliphatic carbocycles. The molecule has 1 fully saturated rings. The zero-order chi connectivity index (χ0) is 15.9. The summed E-state index contributed by atoms with van der Waals surface area (Å²) in [6.45, 7) is 5.36. The van der Waals surface area contributed by atoms with Gasteiger partial charge in [-0.05, 0) is 51.8 Å². The minimum atomic E-state index is -0.344. The first-order chi connectivity index (χ1) is 10.5. The molecule has 5 nitrogen and oxygen atoms in total. The Balaban J connectivity index is 1.73. The van der Waals surface area contributed by atoms with Crippen molar-refractivity contribution in [2.24, 2.45) is 0 Å². The van der Waals surface area contributed by atoms with Gasteiger partial charge in [0.2, 0.25) is 0 Å². The summed E-state index contributed by atoms with van der Waals surface area (Å²) in [5, 5.41) is 2.75. The van der Waals surface area contributed by atoms with Gasteiger partial charge in [-0.1, -0.05) is 6.07 Å². The number of rotatable bonds is 5. The summed E-state index contributed by atoms with van der Waals surface area (Å²) in [4.78, 5) is 18.5. The molecule has 1 N–H and O–H groups in total. The normalized spacial score (nSPS) is 16.1. The fourth-order valence-electron chi connectivity index (χ4n) is 2.55. The Morgan fingerprint density at radius 2 is 2.00 bits per heavy atom. The first-order valence-electron chi connectivity index (χ1n) is 7.73. The van der Waals surface area contributed by atoms with Crippen LogP contribution in [0.15, 0.2) is 24.3 Å². The van der Waals surface area contributed by atoms with Gasteiger partial charge < -0.3 is 15.1 Å². The molecule has 122 valence electrons. The van der Waals surface area contributed by atoms with Gasteiger partial charge in [-0.25, -0.2) is 9.18 Å². The fraction of sp³-hybridized carbons (Fsp3) is 0.562. The zero-order valence-corrected chi connectivity index (χ0v) is 13.4. The number of hydrogen-bond acceptors (Lipinski definition) is 3. The molecule has 1 aliphatic rings. The molecule has 2 rings (SSSR count). The van der Waals surface area contributed by atoms with Gasteiger partial charge in [0.15, 0.2) is 0 Å². The number of nitrogens with one attached hydrogen (secondary N) is 1. The molecule has 1 saturated heterocycles. The van der Waals surface area contributed by atoms with Crippen LogP contribution in [-0.4, -0.2) is 74.1 Å². The van der Waals surface area contributed by atoms with E-state index >= 15 is 0 Å². The molecule has 0 aromatic heterocycles. The quantitative estimate of drug-likeness (QED) is 0.903. The summed E-state index contributed by atoms with van der Waals surface area (Å²) >= 11 is 0. The van der Waals surface area contributed by atoms with Crippen LogP contribution in [0.3, 0.4) is 0 Å². The number of carbonyl (C=O) groups excluding carboxylic acids is 1. The number of anilines is 1. The van der Waals surface area contributed by atoms with Crippen molar-refractivity contribution in [2.75, 3.05) is 58.7 Å². The average molecular weight is 308 g/mol. The third kappa shape index (κ3) is 5.27. The van der Waals surface area contributed by atoms with E-state index in [-0.39, 0.29) is 11.8 Å². The van der Waals surface area contributed by atoms with Gasteiger partial charge in [-0.3, -0.25) is 4.90 Å². The lowest BCUT2D eigenvalue weighted by Crippen LogP contribution is -2.50. The Kier molecular flexibility index (Phi) is 6.15. The molecule has 1 aromatic carbocycles. The van der Waals surface area contributed by atoms with Crippen LogP contribution in [0.1, 0.15) is 6.42 Å². The third-order valence-electron chi connectivity index (χ3n) is 3.82. The molecule has 6 heteroatoms. The van der Waals surface area contributed by atoms with Crippen LogP contribution in [0.25, 0.3) is 0 Å². The van der Waals surface area contributed by atoms with E-state index in [1.54, 1.807) is 17.0 Å². The highest BCUT2D eigenvalue weighted by Gasteiger charge is 2.20. The number of hydrogen-bond donors (Lipinski definition) is 1. The first kappa shape index (κ1) is 16.7. The lowest BCUT2D eigenvalue weighted by Gasteiger charge is -2.34. The maximum absolute atomic E-state index is 13.1. The van der Waals surface area contributed by atoms with E-state index in [1.807, 2.05) is 0 Å². The van der Waals surface area contributed by atoms with Crippen molar-refractivity contribution in [3.05, 3.63) is 30.1 Å². The summed E-state index contributed by atoms with van der Waals surface area (Å²) in [6, 6.07) is 5.82. The Hall–Kier alpha value is -1.66. The van der Waals surface area contributed by atoms with E-state index in [9.17, 15) is 9.18 Å². The first-order valence-corrected chi connectivity index (χ1v) is 7.73. The number of benzene rings is 1. The van der Waals surface area contributed by atoms with Gasteiger partial charge in [0, 0.05) is 31.9 Å². The topological polar surface area (TPSA) is 38.8 Å². The van der Waals surface area contributed by atoms with E-state index in [0.717, 1.165) is 32.6 Å². The van der Waals surface area contributed by atoms with E-state index in [1.165, 1.54) is 12.1 Å². The molecule has 0 radical (unpaired) electrons. The van der Waals surface area contributed by atoms with Gasteiger partial charge in [-0.15, -0.1) is 0 Å². The van der Waals surface area contributed by atoms with Crippen LogP contribution in [0.4, 0.5) is 14.9 Å². The van der Waals surface area contributed by atoms with Gasteiger partial charge in [0.05, 0.1) is 0 Å². The molecule has 0 saturated carbocycles. The molecule has 2 amide bonds. The highest BCUT2D eigenvalue weighted by Crippen LogP contribution is 2.11. The molecule has 1 heterocycles. The molecule has 0 atom stereocenters. The highest BCUT2D eigenvalue weighted by atomic mass is 19.1. The molecule has 0 bridgehead atoms. The number of urea groups is 1.